The third kappa shape index (κ3) is 4.11. The Labute approximate surface area is 171 Å². The first-order valence-electron chi connectivity index (χ1n) is 9.32. The molecule has 1 unspecified atom stereocenters. The molecule has 3 aromatic carbocycles. The second-order valence-electron chi connectivity index (χ2n) is 6.78. The van der Waals surface area contributed by atoms with Crippen molar-refractivity contribution in [2.24, 2.45) is 0 Å². The number of carbonyl (C=O) groups is 1. The van der Waals surface area contributed by atoms with Gasteiger partial charge in [-0.05, 0) is 52.7 Å². The third-order valence-corrected chi connectivity index (χ3v) is 4.72. The molecule has 1 amide bonds. The van der Waals surface area contributed by atoms with Crippen molar-refractivity contribution in [1.82, 2.24) is 15.1 Å². The lowest BCUT2D eigenvalue weighted by molar-refractivity contribution is 0.0909. The van der Waals surface area contributed by atoms with Crippen LogP contribution in [0.4, 0.5) is 4.39 Å². The first-order valence-corrected chi connectivity index (χ1v) is 9.32. The molecule has 0 aliphatic heterocycles. The molecule has 0 fully saturated rings. The lowest BCUT2D eigenvalue weighted by atomic mass is 10.0. The summed E-state index contributed by atoms with van der Waals surface area (Å²) in [6.45, 7) is -0.0193. The second kappa shape index (κ2) is 8.26. The molecule has 4 aromatic rings. The zero-order valence-corrected chi connectivity index (χ0v) is 15.8. The van der Waals surface area contributed by atoms with Crippen LogP contribution < -0.4 is 10.9 Å². The summed E-state index contributed by atoms with van der Waals surface area (Å²) in [5.41, 5.74) is 0.574. The number of aliphatic hydroxyl groups excluding tert-OH is 1. The van der Waals surface area contributed by atoms with Crippen LogP contribution in [0.1, 0.15) is 22.2 Å². The van der Waals surface area contributed by atoms with Gasteiger partial charge < -0.3 is 10.4 Å². The highest BCUT2D eigenvalue weighted by atomic mass is 19.1. The van der Waals surface area contributed by atoms with E-state index < -0.39 is 23.4 Å². The SMILES string of the molecule is O=C(NCC(O)c1ccc2ccccc2c1)c1ccc(=O)n(-c2ccc(F)cc2)n1. The molecule has 150 valence electrons. The summed E-state index contributed by atoms with van der Waals surface area (Å²) in [7, 11) is 0. The van der Waals surface area contributed by atoms with Crippen molar-refractivity contribution in [3.8, 4) is 5.69 Å². The van der Waals surface area contributed by atoms with Crippen molar-refractivity contribution in [3.05, 3.63) is 106 Å². The van der Waals surface area contributed by atoms with Crippen LogP contribution >= 0.6 is 0 Å². The van der Waals surface area contributed by atoms with Crippen molar-refractivity contribution in [1.29, 1.82) is 0 Å². The Morgan fingerprint density at radius 1 is 1.00 bits per heavy atom. The normalized spacial score (nSPS) is 11.9. The fourth-order valence-electron chi connectivity index (χ4n) is 3.11. The maximum atomic E-state index is 13.1. The zero-order chi connectivity index (χ0) is 21.1. The highest BCUT2D eigenvalue weighted by Gasteiger charge is 2.14. The number of halogens is 1. The van der Waals surface area contributed by atoms with Crippen molar-refractivity contribution in [2.45, 2.75) is 6.10 Å². The summed E-state index contributed by atoms with van der Waals surface area (Å²) in [4.78, 5) is 24.6. The van der Waals surface area contributed by atoms with Gasteiger partial charge in [0.1, 0.15) is 11.5 Å². The smallest absolute Gasteiger partial charge is 0.271 e. The molecule has 1 atom stereocenters. The number of nitrogens with one attached hydrogen (secondary N) is 1. The van der Waals surface area contributed by atoms with Gasteiger partial charge >= 0.3 is 0 Å². The Hall–Kier alpha value is -3.84. The van der Waals surface area contributed by atoms with E-state index in [4.69, 9.17) is 0 Å². The van der Waals surface area contributed by atoms with Gasteiger partial charge in [0.15, 0.2) is 0 Å². The van der Waals surface area contributed by atoms with Crippen LogP contribution in [0.3, 0.4) is 0 Å². The van der Waals surface area contributed by atoms with Gasteiger partial charge in [0, 0.05) is 12.6 Å². The summed E-state index contributed by atoms with van der Waals surface area (Å²) < 4.78 is 14.1. The van der Waals surface area contributed by atoms with Crippen molar-refractivity contribution < 1.29 is 14.3 Å². The number of fused-ring (bicyclic) bond motifs is 1. The maximum absolute atomic E-state index is 13.1. The van der Waals surface area contributed by atoms with E-state index >= 15 is 0 Å². The molecule has 30 heavy (non-hydrogen) atoms. The number of hydrogen-bond acceptors (Lipinski definition) is 4. The predicted octanol–water partition coefficient (Wildman–Crippen LogP) is 2.99. The number of rotatable bonds is 5. The van der Waals surface area contributed by atoms with Gasteiger partial charge in [0.25, 0.3) is 11.5 Å². The number of aliphatic hydroxyl groups is 1. The van der Waals surface area contributed by atoms with Crippen LogP contribution in [0.25, 0.3) is 16.5 Å². The van der Waals surface area contributed by atoms with E-state index in [0.29, 0.717) is 11.3 Å². The number of nitrogens with zero attached hydrogens (tertiary/aromatic N) is 2. The zero-order valence-electron chi connectivity index (χ0n) is 15.8. The Kier molecular flexibility index (Phi) is 5.36. The molecule has 0 aliphatic carbocycles. The maximum Gasteiger partial charge on any atom is 0.271 e. The minimum absolute atomic E-state index is 0.00429. The molecule has 0 spiro atoms. The van der Waals surface area contributed by atoms with Crippen LogP contribution in [0, 0.1) is 5.82 Å². The molecule has 0 saturated carbocycles. The highest BCUT2D eigenvalue weighted by molar-refractivity contribution is 5.92. The number of aromatic nitrogens is 2. The van der Waals surface area contributed by atoms with Gasteiger partial charge in [-0.3, -0.25) is 9.59 Å². The van der Waals surface area contributed by atoms with Gasteiger partial charge in [-0.15, -0.1) is 0 Å². The van der Waals surface area contributed by atoms with E-state index in [0.717, 1.165) is 15.5 Å². The first-order chi connectivity index (χ1) is 14.5. The van der Waals surface area contributed by atoms with Gasteiger partial charge in [-0.2, -0.15) is 9.78 Å². The van der Waals surface area contributed by atoms with E-state index in [1.807, 2.05) is 42.5 Å². The van der Waals surface area contributed by atoms with Gasteiger partial charge in [0.2, 0.25) is 0 Å². The number of amides is 1. The van der Waals surface area contributed by atoms with E-state index in [1.165, 1.54) is 36.4 Å². The Morgan fingerprint density at radius 3 is 2.50 bits per heavy atom. The van der Waals surface area contributed by atoms with Crippen LogP contribution in [0.2, 0.25) is 0 Å². The van der Waals surface area contributed by atoms with Crippen LogP contribution in [-0.4, -0.2) is 27.3 Å². The van der Waals surface area contributed by atoms with Crippen LogP contribution in [0.5, 0.6) is 0 Å². The summed E-state index contributed by atoms with van der Waals surface area (Å²) in [6, 6.07) is 21.1. The topological polar surface area (TPSA) is 84.2 Å². The number of hydrogen-bond donors (Lipinski definition) is 2. The molecular formula is C23H18FN3O3. The number of benzene rings is 3. The minimum Gasteiger partial charge on any atom is -0.387 e. The van der Waals surface area contributed by atoms with Gasteiger partial charge in [-0.25, -0.2) is 4.39 Å². The summed E-state index contributed by atoms with van der Waals surface area (Å²) in [5, 5.41) is 19.2. The van der Waals surface area contributed by atoms with Crippen LogP contribution in [-0.2, 0) is 0 Å². The van der Waals surface area contributed by atoms with E-state index in [9.17, 15) is 19.1 Å². The molecule has 1 aromatic heterocycles. The average molecular weight is 403 g/mol. The molecule has 6 nitrogen and oxygen atoms in total. The summed E-state index contributed by atoms with van der Waals surface area (Å²) in [6.07, 6.45) is -0.901. The molecule has 4 rings (SSSR count). The highest BCUT2D eigenvalue weighted by Crippen LogP contribution is 2.20. The fourth-order valence-corrected chi connectivity index (χ4v) is 3.11. The van der Waals surface area contributed by atoms with Gasteiger partial charge in [0.05, 0.1) is 11.8 Å². The molecule has 7 heteroatoms. The summed E-state index contributed by atoms with van der Waals surface area (Å²) >= 11 is 0. The predicted molar refractivity (Wildman–Crippen MR) is 111 cm³/mol. The molecule has 1 heterocycles. The Morgan fingerprint density at radius 2 is 1.73 bits per heavy atom. The van der Waals surface area contributed by atoms with Crippen molar-refractivity contribution >= 4 is 16.7 Å². The number of carbonyl (C=O) groups excluding carboxylic acids is 1. The lowest BCUT2D eigenvalue weighted by Gasteiger charge is -2.13. The fraction of sp³-hybridized carbons (Fsp3) is 0.0870. The Balaban J connectivity index is 1.48. The average Bonchev–Trinajstić information content (AvgIpc) is 2.78. The minimum atomic E-state index is -0.901. The molecule has 0 aliphatic rings. The molecule has 0 bridgehead atoms. The van der Waals surface area contributed by atoms with E-state index in [2.05, 4.69) is 10.4 Å². The summed E-state index contributed by atoms with van der Waals surface area (Å²) in [5.74, 6) is -0.978. The van der Waals surface area contributed by atoms with Crippen molar-refractivity contribution in [3.63, 3.8) is 0 Å². The van der Waals surface area contributed by atoms with Gasteiger partial charge in [-0.1, -0.05) is 36.4 Å². The second-order valence-corrected chi connectivity index (χ2v) is 6.78. The third-order valence-electron chi connectivity index (χ3n) is 4.72. The van der Waals surface area contributed by atoms with E-state index in [-0.39, 0.29) is 12.2 Å². The molecule has 0 saturated heterocycles. The first kappa shape index (κ1) is 19.5. The molecule has 0 radical (unpaired) electrons. The quantitative estimate of drug-likeness (QED) is 0.537. The largest absolute Gasteiger partial charge is 0.387 e. The van der Waals surface area contributed by atoms with E-state index in [1.54, 1.807) is 0 Å². The monoisotopic (exact) mass is 403 g/mol. The molecular weight excluding hydrogens is 385 g/mol. The Bertz CT molecular complexity index is 1270. The standard InChI is InChI=1S/C23H18FN3O3/c24-18-7-9-19(10-8-18)27-22(29)12-11-20(26-27)23(30)25-14-21(28)17-6-5-15-3-1-2-4-16(15)13-17/h1-13,21,28H,14H2,(H,25,30). The van der Waals surface area contributed by atoms with Crippen LogP contribution in [0.15, 0.2) is 83.7 Å². The van der Waals surface area contributed by atoms with Crippen molar-refractivity contribution in [2.75, 3.05) is 6.54 Å². The lowest BCUT2D eigenvalue weighted by Crippen LogP contribution is -2.31. The molecule has 2 N–H and O–H groups in total.